The number of para-hydroxylation sites is 1. The summed E-state index contributed by atoms with van der Waals surface area (Å²) >= 11 is 3.36. The Bertz CT molecular complexity index is 1200. The lowest BCUT2D eigenvalue weighted by molar-refractivity contribution is -0.384. The van der Waals surface area contributed by atoms with Crippen molar-refractivity contribution in [1.29, 1.82) is 0 Å². The molecule has 2 saturated heterocycles. The Labute approximate surface area is 191 Å². The zero-order valence-electron chi connectivity index (χ0n) is 16.5. The summed E-state index contributed by atoms with van der Waals surface area (Å²) in [5.74, 6) is -1.61. The van der Waals surface area contributed by atoms with Crippen molar-refractivity contribution in [3.8, 4) is 0 Å². The predicted octanol–water partition coefficient (Wildman–Crippen LogP) is 4.41. The van der Waals surface area contributed by atoms with Gasteiger partial charge in [-0.3, -0.25) is 24.5 Å². The Morgan fingerprint density at radius 1 is 0.844 bits per heavy atom. The van der Waals surface area contributed by atoms with Gasteiger partial charge < -0.3 is 0 Å². The molecule has 3 aromatic rings. The van der Waals surface area contributed by atoms with Crippen molar-refractivity contribution in [3.05, 3.63) is 99.0 Å². The average molecular weight is 494 g/mol. The summed E-state index contributed by atoms with van der Waals surface area (Å²) in [6.45, 7) is 0. The maximum Gasteiger partial charge on any atom is 0.269 e. The van der Waals surface area contributed by atoms with Crippen LogP contribution in [0.3, 0.4) is 0 Å². The number of nitrogens with zero attached hydrogens (tertiary/aromatic N) is 3. The minimum absolute atomic E-state index is 0.0548. The minimum atomic E-state index is -0.994. The van der Waals surface area contributed by atoms with E-state index in [4.69, 9.17) is 4.84 Å². The number of non-ortho nitro benzene ring substituents is 1. The fourth-order valence-electron chi connectivity index (χ4n) is 4.19. The van der Waals surface area contributed by atoms with E-state index in [0.717, 1.165) is 9.37 Å². The molecule has 0 radical (unpaired) electrons. The van der Waals surface area contributed by atoms with Crippen molar-refractivity contribution >= 4 is 44.8 Å². The van der Waals surface area contributed by atoms with Crippen LogP contribution in [0.25, 0.3) is 0 Å². The van der Waals surface area contributed by atoms with Crippen LogP contribution < -0.4 is 9.96 Å². The number of anilines is 2. The number of hydrogen-bond donors (Lipinski definition) is 0. The quantitative estimate of drug-likeness (QED) is 0.303. The van der Waals surface area contributed by atoms with Gasteiger partial charge in [-0.1, -0.05) is 46.3 Å². The number of fused-ring (bicyclic) bond motifs is 1. The number of carbonyl (C=O) groups excluding carboxylic acids is 2. The second kappa shape index (κ2) is 7.85. The van der Waals surface area contributed by atoms with Crippen LogP contribution in [-0.2, 0) is 14.4 Å². The van der Waals surface area contributed by atoms with Gasteiger partial charge >= 0.3 is 0 Å². The van der Waals surface area contributed by atoms with E-state index in [1.54, 1.807) is 41.5 Å². The van der Waals surface area contributed by atoms with Crippen LogP contribution in [0.2, 0.25) is 0 Å². The average Bonchev–Trinajstić information content (AvgIpc) is 3.31. The lowest BCUT2D eigenvalue weighted by Crippen LogP contribution is -2.37. The van der Waals surface area contributed by atoms with Crippen LogP contribution in [0.15, 0.2) is 83.3 Å². The Morgan fingerprint density at radius 2 is 1.50 bits per heavy atom. The molecule has 0 aromatic heterocycles. The number of hydrogen-bond acceptors (Lipinski definition) is 6. The van der Waals surface area contributed by atoms with E-state index < -0.39 is 28.9 Å². The number of rotatable bonds is 4. The third-order valence-corrected chi connectivity index (χ3v) is 6.19. The van der Waals surface area contributed by atoms with Crippen molar-refractivity contribution in [2.24, 2.45) is 5.92 Å². The van der Waals surface area contributed by atoms with Gasteiger partial charge in [-0.2, -0.15) is 0 Å². The van der Waals surface area contributed by atoms with E-state index >= 15 is 0 Å². The summed E-state index contributed by atoms with van der Waals surface area (Å²) in [6.07, 6.45) is -0.994. The molecule has 2 heterocycles. The van der Waals surface area contributed by atoms with Crippen molar-refractivity contribution in [2.75, 3.05) is 9.96 Å². The van der Waals surface area contributed by atoms with E-state index in [2.05, 4.69) is 15.9 Å². The molecule has 32 heavy (non-hydrogen) atoms. The Kier molecular flexibility index (Phi) is 4.99. The van der Waals surface area contributed by atoms with Crippen molar-refractivity contribution in [2.45, 2.75) is 12.1 Å². The molecule has 0 unspecified atom stereocenters. The van der Waals surface area contributed by atoms with Gasteiger partial charge in [0.15, 0.2) is 6.10 Å². The SMILES string of the molecule is O=C1[C@H]2[C@@H](c3ccc([N+](=O)[O-])cc3)N(c3ccccc3)O[C@H]2C(=O)N1c1ccc(Br)cc1. The normalized spacial score (nSPS) is 22.3. The summed E-state index contributed by atoms with van der Waals surface area (Å²) in [6, 6.07) is 21.4. The predicted molar refractivity (Wildman–Crippen MR) is 120 cm³/mol. The van der Waals surface area contributed by atoms with E-state index in [9.17, 15) is 19.7 Å². The topological polar surface area (TPSA) is 93.0 Å². The number of carbonyl (C=O) groups is 2. The zero-order chi connectivity index (χ0) is 22.4. The van der Waals surface area contributed by atoms with Crippen LogP contribution in [0.4, 0.5) is 17.1 Å². The molecule has 0 aliphatic carbocycles. The van der Waals surface area contributed by atoms with E-state index in [0.29, 0.717) is 16.9 Å². The fraction of sp³-hybridized carbons (Fsp3) is 0.130. The van der Waals surface area contributed by atoms with Crippen LogP contribution >= 0.6 is 15.9 Å². The van der Waals surface area contributed by atoms with Gasteiger partial charge in [-0.05, 0) is 42.0 Å². The number of hydroxylamine groups is 1. The number of nitro groups is 1. The lowest BCUT2D eigenvalue weighted by Gasteiger charge is -2.28. The second-order valence-electron chi connectivity index (χ2n) is 7.49. The first kappa shape index (κ1) is 20.3. The van der Waals surface area contributed by atoms with Gasteiger partial charge in [0, 0.05) is 16.6 Å². The molecular weight excluding hydrogens is 478 g/mol. The molecule has 5 rings (SSSR count). The molecule has 8 nitrogen and oxygen atoms in total. The summed E-state index contributed by atoms with van der Waals surface area (Å²) < 4.78 is 0.829. The first-order valence-electron chi connectivity index (χ1n) is 9.84. The molecule has 2 fully saturated rings. The standard InChI is InChI=1S/C23H16BrN3O5/c24-15-8-12-16(13-9-15)25-22(28)19-20(14-6-10-18(11-7-14)27(30)31)26(32-21(19)23(25)29)17-4-2-1-3-5-17/h1-13,19-21H/t19-,20+,21+/m0/s1. The highest BCUT2D eigenvalue weighted by Crippen LogP contribution is 2.47. The van der Waals surface area contributed by atoms with Crippen LogP contribution in [0, 0.1) is 16.0 Å². The molecule has 3 aromatic carbocycles. The van der Waals surface area contributed by atoms with Gasteiger partial charge in [0.1, 0.15) is 5.92 Å². The summed E-state index contributed by atoms with van der Waals surface area (Å²) in [4.78, 5) is 44.5. The molecule has 0 spiro atoms. The Hall–Kier alpha value is -3.56. The van der Waals surface area contributed by atoms with Crippen LogP contribution in [0.5, 0.6) is 0 Å². The molecule has 9 heteroatoms. The molecule has 2 aliphatic rings. The highest BCUT2D eigenvalue weighted by molar-refractivity contribution is 9.10. The smallest absolute Gasteiger partial charge is 0.269 e. The molecule has 0 N–H and O–H groups in total. The first-order valence-corrected chi connectivity index (χ1v) is 10.6. The van der Waals surface area contributed by atoms with Gasteiger partial charge in [0.05, 0.1) is 22.3 Å². The third-order valence-electron chi connectivity index (χ3n) is 5.66. The maximum atomic E-state index is 13.5. The maximum absolute atomic E-state index is 13.5. The first-order chi connectivity index (χ1) is 15.5. The highest BCUT2D eigenvalue weighted by atomic mass is 79.9. The molecule has 2 aliphatic heterocycles. The third kappa shape index (κ3) is 3.26. The summed E-state index contributed by atoms with van der Waals surface area (Å²) in [7, 11) is 0. The molecule has 160 valence electrons. The van der Waals surface area contributed by atoms with E-state index in [1.807, 2.05) is 30.3 Å². The van der Waals surface area contributed by atoms with E-state index in [-0.39, 0.29) is 11.6 Å². The molecule has 2 amide bonds. The summed E-state index contributed by atoms with van der Waals surface area (Å²) in [5.41, 5.74) is 1.74. The molecule has 3 atom stereocenters. The van der Waals surface area contributed by atoms with Crippen LogP contribution in [0.1, 0.15) is 11.6 Å². The molecule has 0 saturated carbocycles. The Morgan fingerprint density at radius 3 is 2.12 bits per heavy atom. The monoisotopic (exact) mass is 493 g/mol. The number of nitro benzene ring substituents is 1. The van der Waals surface area contributed by atoms with Gasteiger partial charge in [0.2, 0.25) is 5.91 Å². The number of imide groups is 1. The number of halogens is 1. The zero-order valence-corrected chi connectivity index (χ0v) is 18.1. The van der Waals surface area contributed by atoms with Gasteiger partial charge in [-0.15, -0.1) is 0 Å². The fourth-order valence-corrected chi connectivity index (χ4v) is 4.45. The van der Waals surface area contributed by atoms with Crippen molar-refractivity contribution in [1.82, 2.24) is 0 Å². The van der Waals surface area contributed by atoms with Crippen molar-refractivity contribution in [3.63, 3.8) is 0 Å². The van der Waals surface area contributed by atoms with Crippen LogP contribution in [-0.4, -0.2) is 22.8 Å². The van der Waals surface area contributed by atoms with E-state index in [1.165, 1.54) is 12.1 Å². The highest BCUT2D eigenvalue weighted by Gasteiger charge is 2.60. The number of amides is 2. The minimum Gasteiger partial charge on any atom is -0.273 e. The number of benzene rings is 3. The second-order valence-corrected chi connectivity index (χ2v) is 8.41. The van der Waals surface area contributed by atoms with Crippen molar-refractivity contribution < 1.29 is 19.3 Å². The van der Waals surface area contributed by atoms with Gasteiger partial charge in [0.25, 0.3) is 11.6 Å². The van der Waals surface area contributed by atoms with Gasteiger partial charge in [-0.25, -0.2) is 9.96 Å². The largest absolute Gasteiger partial charge is 0.273 e. The lowest BCUT2D eigenvalue weighted by atomic mass is 9.90. The Balaban J connectivity index is 1.57. The molecular formula is C23H16BrN3O5. The molecule has 0 bridgehead atoms. The summed E-state index contributed by atoms with van der Waals surface area (Å²) in [5, 5.41) is 12.6.